The summed E-state index contributed by atoms with van der Waals surface area (Å²) in [5.41, 5.74) is 1.23. The smallest absolute Gasteiger partial charge is 0.224 e. The zero-order valence-electron chi connectivity index (χ0n) is 11.8. The Hall–Kier alpha value is -1.80. The van der Waals surface area contributed by atoms with Crippen molar-refractivity contribution in [2.45, 2.75) is 37.5 Å². The normalized spacial score (nSPS) is 10.8. The molecule has 0 aromatic heterocycles. The highest BCUT2D eigenvalue weighted by Gasteiger charge is 2.11. The number of terminal acetylenes is 1. The summed E-state index contributed by atoms with van der Waals surface area (Å²) in [5.74, 6) is 2.44. The van der Waals surface area contributed by atoms with E-state index in [0.717, 1.165) is 12.8 Å². The van der Waals surface area contributed by atoms with E-state index in [2.05, 4.69) is 11.2 Å². The van der Waals surface area contributed by atoms with E-state index < -0.39 is 9.84 Å². The van der Waals surface area contributed by atoms with Crippen LogP contribution < -0.4 is 5.32 Å². The minimum atomic E-state index is -3.23. The van der Waals surface area contributed by atoms with Crippen molar-refractivity contribution in [1.82, 2.24) is 0 Å². The van der Waals surface area contributed by atoms with Gasteiger partial charge in [0.1, 0.15) is 0 Å². The van der Waals surface area contributed by atoms with Crippen molar-refractivity contribution < 1.29 is 13.2 Å². The van der Waals surface area contributed by atoms with Crippen LogP contribution in [0.3, 0.4) is 0 Å². The molecule has 0 radical (unpaired) electrons. The summed E-state index contributed by atoms with van der Waals surface area (Å²) in [6.07, 6.45) is 8.96. The van der Waals surface area contributed by atoms with Crippen LogP contribution in [0.15, 0.2) is 23.1 Å². The van der Waals surface area contributed by atoms with Crippen LogP contribution in [-0.4, -0.2) is 20.6 Å². The van der Waals surface area contributed by atoms with Gasteiger partial charge < -0.3 is 5.32 Å². The van der Waals surface area contributed by atoms with Crippen molar-refractivity contribution in [3.8, 4) is 12.3 Å². The predicted molar refractivity (Wildman–Crippen MR) is 80.2 cm³/mol. The first-order chi connectivity index (χ1) is 9.34. The molecule has 0 fully saturated rings. The summed E-state index contributed by atoms with van der Waals surface area (Å²) in [6.45, 7) is 1.71. The Morgan fingerprint density at radius 2 is 2.05 bits per heavy atom. The van der Waals surface area contributed by atoms with Crippen LogP contribution in [0.2, 0.25) is 0 Å². The second kappa shape index (κ2) is 7.11. The zero-order valence-corrected chi connectivity index (χ0v) is 12.6. The molecule has 0 saturated heterocycles. The van der Waals surface area contributed by atoms with Gasteiger partial charge in [-0.15, -0.1) is 12.3 Å². The molecule has 0 heterocycles. The SMILES string of the molecule is C#CCCCCC(=O)Nc1ccc(S(C)(=O)=O)c(C)c1. The molecule has 0 aliphatic carbocycles. The zero-order chi connectivity index (χ0) is 15.2. The number of anilines is 1. The van der Waals surface area contributed by atoms with Gasteiger partial charge in [-0.3, -0.25) is 4.79 Å². The molecule has 0 bridgehead atoms. The van der Waals surface area contributed by atoms with Gasteiger partial charge in [0.05, 0.1) is 4.90 Å². The van der Waals surface area contributed by atoms with Gasteiger partial charge in [-0.2, -0.15) is 0 Å². The summed E-state index contributed by atoms with van der Waals surface area (Å²) in [5, 5.41) is 2.75. The molecule has 0 aliphatic heterocycles. The lowest BCUT2D eigenvalue weighted by molar-refractivity contribution is -0.116. The van der Waals surface area contributed by atoms with Crippen LogP contribution in [0.5, 0.6) is 0 Å². The summed E-state index contributed by atoms with van der Waals surface area (Å²) in [4.78, 5) is 12.0. The standard InChI is InChI=1S/C15H19NO3S/c1-4-5-6-7-8-15(17)16-13-9-10-14(12(2)11-13)20(3,18)19/h1,9-11H,5-8H2,2-3H3,(H,16,17). The number of nitrogens with one attached hydrogen (secondary N) is 1. The fraction of sp³-hybridized carbons (Fsp3) is 0.400. The monoisotopic (exact) mass is 293 g/mol. The Balaban J connectivity index is 2.64. The lowest BCUT2D eigenvalue weighted by atomic mass is 10.2. The van der Waals surface area contributed by atoms with Crippen LogP contribution in [-0.2, 0) is 14.6 Å². The number of carbonyl (C=O) groups is 1. The molecule has 0 unspecified atom stereocenters. The number of rotatable bonds is 6. The summed E-state index contributed by atoms with van der Waals surface area (Å²) >= 11 is 0. The van der Waals surface area contributed by atoms with E-state index in [4.69, 9.17) is 6.42 Å². The van der Waals surface area contributed by atoms with E-state index in [1.165, 1.54) is 12.3 Å². The topological polar surface area (TPSA) is 63.2 Å². The van der Waals surface area contributed by atoms with E-state index in [0.29, 0.717) is 24.1 Å². The third-order valence-electron chi connectivity index (χ3n) is 2.83. The van der Waals surface area contributed by atoms with Gasteiger partial charge in [0.2, 0.25) is 5.91 Å². The average Bonchev–Trinajstić information content (AvgIpc) is 2.33. The van der Waals surface area contributed by atoms with Crippen LogP contribution in [0.25, 0.3) is 0 Å². The Morgan fingerprint density at radius 3 is 2.60 bits per heavy atom. The molecule has 0 atom stereocenters. The fourth-order valence-electron chi connectivity index (χ4n) is 1.88. The number of benzene rings is 1. The Morgan fingerprint density at radius 1 is 1.35 bits per heavy atom. The van der Waals surface area contributed by atoms with Gasteiger partial charge >= 0.3 is 0 Å². The molecular formula is C15H19NO3S. The van der Waals surface area contributed by atoms with E-state index in [9.17, 15) is 13.2 Å². The van der Waals surface area contributed by atoms with E-state index in [1.54, 1.807) is 19.1 Å². The van der Waals surface area contributed by atoms with Gasteiger partial charge in [-0.05, 0) is 43.5 Å². The van der Waals surface area contributed by atoms with Gasteiger partial charge in [0.25, 0.3) is 0 Å². The van der Waals surface area contributed by atoms with Crippen molar-refractivity contribution >= 4 is 21.4 Å². The quantitative estimate of drug-likeness (QED) is 0.647. The first-order valence-corrected chi connectivity index (χ1v) is 8.28. The highest BCUT2D eigenvalue weighted by molar-refractivity contribution is 7.90. The second-order valence-electron chi connectivity index (χ2n) is 4.71. The number of hydrogen-bond donors (Lipinski definition) is 1. The first kappa shape index (κ1) is 16.3. The fourth-order valence-corrected chi connectivity index (χ4v) is 2.84. The molecule has 5 heteroatoms. The Labute approximate surface area is 120 Å². The molecular weight excluding hydrogens is 274 g/mol. The molecule has 20 heavy (non-hydrogen) atoms. The van der Waals surface area contributed by atoms with Crippen molar-refractivity contribution in [3.63, 3.8) is 0 Å². The predicted octanol–water partition coefficient (Wildman–Crippen LogP) is 2.53. The molecule has 1 amide bonds. The van der Waals surface area contributed by atoms with Crippen molar-refractivity contribution in [2.75, 3.05) is 11.6 Å². The highest BCUT2D eigenvalue weighted by Crippen LogP contribution is 2.19. The average molecular weight is 293 g/mol. The molecule has 4 nitrogen and oxygen atoms in total. The summed E-state index contributed by atoms with van der Waals surface area (Å²) < 4.78 is 23.0. The molecule has 0 spiro atoms. The molecule has 1 N–H and O–H groups in total. The molecule has 1 aromatic carbocycles. The number of carbonyl (C=O) groups excluding carboxylic acids is 1. The number of aryl methyl sites for hydroxylation is 1. The van der Waals surface area contributed by atoms with Gasteiger partial charge in [-0.1, -0.05) is 0 Å². The van der Waals surface area contributed by atoms with E-state index in [-0.39, 0.29) is 10.8 Å². The first-order valence-electron chi connectivity index (χ1n) is 6.38. The van der Waals surface area contributed by atoms with Crippen molar-refractivity contribution in [3.05, 3.63) is 23.8 Å². The molecule has 0 aliphatic rings. The highest BCUT2D eigenvalue weighted by atomic mass is 32.2. The number of sulfone groups is 1. The van der Waals surface area contributed by atoms with Gasteiger partial charge in [-0.25, -0.2) is 8.42 Å². The van der Waals surface area contributed by atoms with Crippen LogP contribution in [0, 0.1) is 19.3 Å². The molecule has 1 aromatic rings. The minimum Gasteiger partial charge on any atom is -0.326 e. The number of unbranched alkanes of at least 4 members (excludes halogenated alkanes) is 2. The third kappa shape index (κ3) is 5.06. The maximum Gasteiger partial charge on any atom is 0.224 e. The summed E-state index contributed by atoms with van der Waals surface area (Å²) in [7, 11) is -3.23. The lowest BCUT2D eigenvalue weighted by Crippen LogP contribution is -2.11. The Kier molecular flexibility index (Phi) is 5.78. The van der Waals surface area contributed by atoms with Crippen molar-refractivity contribution in [2.24, 2.45) is 0 Å². The third-order valence-corrected chi connectivity index (χ3v) is 4.09. The van der Waals surface area contributed by atoms with Gasteiger partial charge in [0.15, 0.2) is 9.84 Å². The van der Waals surface area contributed by atoms with Crippen molar-refractivity contribution in [1.29, 1.82) is 0 Å². The number of amides is 1. The lowest BCUT2D eigenvalue weighted by Gasteiger charge is -2.08. The molecule has 1 rings (SSSR count). The molecule has 108 valence electrons. The van der Waals surface area contributed by atoms with Gasteiger partial charge in [0, 0.05) is 24.8 Å². The Bertz CT molecular complexity index is 627. The minimum absolute atomic E-state index is 0.0893. The second-order valence-corrected chi connectivity index (χ2v) is 6.70. The number of hydrogen-bond acceptors (Lipinski definition) is 3. The largest absolute Gasteiger partial charge is 0.326 e. The molecule has 0 saturated carbocycles. The maximum absolute atomic E-state index is 11.7. The summed E-state index contributed by atoms with van der Waals surface area (Å²) in [6, 6.07) is 4.77. The van der Waals surface area contributed by atoms with E-state index in [1.807, 2.05) is 0 Å². The van der Waals surface area contributed by atoms with Crippen LogP contribution in [0.1, 0.15) is 31.2 Å². The van der Waals surface area contributed by atoms with E-state index >= 15 is 0 Å². The van der Waals surface area contributed by atoms with Crippen LogP contribution in [0.4, 0.5) is 5.69 Å². The maximum atomic E-state index is 11.7. The van der Waals surface area contributed by atoms with Crippen LogP contribution >= 0.6 is 0 Å².